The van der Waals surface area contributed by atoms with Crippen molar-refractivity contribution < 1.29 is 19.4 Å². The molecule has 0 bridgehead atoms. The largest absolute Gasteiger partial charge is 0.493 e. The molecule has 0 spiro atoms. The Labute approximate surface area is 108 Å². The number of ether oxygens (including phenoxy) is 2. The van der Waals surface area contributed by atoms with Crippen LogP contribution in [-0.2, 0) is 6.61 Å². The standard InChI is InChI=1S/C14H20O4/c1-5-9(2)13(16)10-6-11(8-15)14(18-4)12(7-10)17-3/h6-7,9,15H,5,8H2,1-4H3. The summed E-state index contributed by atoms with van der Waals surface area (Å²) in [4.78, 5) is 12.1. The van der Waals surface area contributed by atoms with Crippen LogP contribution in [0.1, 0.15) is 36.2 Å². The molecule has 0 amide bonds. The molecule has 1 atom stereocenters. The van der Waals surface area contributed by atoms with E-state index in [0.29, 0.717) is 22.6 Å². The van der Waals surface area contributed by atoms with Gasteiger partial charge in [-0.15, -0.1) is 0 Å². The van der Waals surface area contributed by atoms with Gasteiger partial charge in [-0.05, 0) is 18.6 Å². The Morgan fingerprint density at radius 2 is 2.00 bits per heavy atom. The fourth-order valence-electron chi connectivity index (χ4n) is 1.77. The van der Waals surface area contributed by atoms with Gasteiger partial charge in [0.1, 0.15) is 0 Å². The summed E-state index contributed by atoms with van der Waals surface area (Å²) in [6.07, 6.45) is 0.779. The maximum Gasteiger partial charge on any atom is 0.166 e. The van der Waals surface area contributed by atoms with E-state index in [1.807, 2.05) is 13.8 Å². The highest BCUT2D eigenvalue weighted by Crippen LogP contribution is 2.33. The van der Waals surface area contributed by atoms with Crippen molar-refractivity contribution in [3.05, 3.63) is 23.3 Å². The van der Waals surface area contributed by atoms with Gasteiger partial charge in [-0.1, -0.05) is 13.8 Å². The van der Waals surface area contributed by atoms with Gasteiger partial charge >= 0.3 is 0 Å². The first-order chi connectivity index (χ1) is 8.58. The van der Waals surface area contributed by atoms with Crippen LogP contribution >= 0.6 is 0 Å². The van der Waals surface area contributed by atoms with Crippen molar-refractivity contribution in [3.8, 4) is 11.5 Å². The zero-order valence-corrected chi connectivity index (χ0v) is 11.3. The molecular formula is C14H20O4. The molecule has 1 aromatic carbocycles. The van der Waals surface area contributed by atoms with E-state index in [2.05, 4.69) is 0 Å². The Bertz CT molecular complexity index is 401. The smallest absolute Gasteiger partial charge is 0.166 e. The van der Waals surface area contributed by atoms with Gasteiger partial charge in [-0.3, -0.25) is 4.79 Å². The molecule has 100 valence electrons. The topological polar surface area (TPSA) is 55.8 Å². The average Bonchev–Trinajstić information content (AvgIpc) is 2.43. The predicted octanol–water partition coefficient (Wildman–Crippen LogP) is 2.42. The van der Waals surface area contributed by atoms with Crippen molar-refractivity contribution in [1.29, 1.82) is 0 Å². The van der Waals surface area contributed by atoms with Crippen molar-refractivity contribution in [1.82, 2.24) is 0 Å². The fourth-order valence-corrected chi connectivity index (χ4v) is 1.77. The van der Waals surface area contributed by atoms with Gasteiger partial charge in [0.05, 0.1) is 20.8 Å². The zero-order chi connectivity index (χ0) is 13.7. The number of carbonyl (C=O) groups excluding carboxylic acids is 1. The molecule has 1 unspecified atom stereocenters. The first-order valence-electron chi connectivity index (χ1n) is 5.98. The van der Waals surface area contributed by atoms with E-state index in [0.717, 1.165) is 6.42 Å². The Kier molecular flexibility index (Phi) is 5.16. The van der Waals surface area contributed by atoms with E-state index in [1.54, 1.807) is 12.1 Å². The van der Waals surface area contributed by atoms with Gasteiger partial charge in [0, 0.05) is 17.0 Å². The molecule has 1 rings (SSSR count). The fraction of sp³-hybridized carbons (Fsp3) is 0.500. The Morgan fingerprint density at radius 1 is 1.33 bits per heavy atom. The minimum atomic E-state index is -0.193. The normalized spacial score (nSPS) is 12.1. The van der Waals surface area contributed by atoms with Crippen LogP contribution in [-0.4, -0.2) is 25.1 Å². The summed E-state index contributed by atoms with van der Waals surface area (Å²) in [6.45, 7) is 3.66. The summed E-state index contributed by atoms with van der Waals surface area (Å²) in [7, 11) is 3.02. The van der Waals surface area contributed by atoms with Crippen LogP contribution in [0.25, 0.3) is 0 Å². The first kappa shape index (κ1) is 14.5. The number of benzene rings is 1. The Balaban J connectivity index is 3.27. The zero-order valence-electron chi connectivity index (χ0n) is 11.3. The van der Waals surface area contributed by atoms with Crippen LogP contribution in [0.4, 0.5) is 0 Å². The molecule has 1 aromatic rings. The number of carbonyl (C=O) groups is 1. The molecule has 0 aliphatic carbocycles. The highest BCUT2D eigenvalue weighted by molar-refractivity contribution is 5.98. The third-order valence-electron chi connectivity index (χ3n) is 3.07. The van der Waals surface area contributed by atoms with Gasteiger partial charge < -0.3 is 14.6 Å². The lowest BCUT2D eigenvalue weighted by molar-refractivity contribution is 0.0926. The van der Waals surface area contributed by atoms with Crippen LogP contribution < -0.4 is 9.47 Å². The second kappa shape index (κ2) is 6.40. The van der Waals surface area contributed by atoms with Gasteiger partial charge in [-0.25, -0.2) is 0 Å². The SMILES string of the molecule is CCC(C)C(=O)c1cc(CO)c(OC)c(OC)c1. The van der Waals surface area contributed by atoms with Crippen LogP contribution in [0, 0.1) is 5.92 Å². The number of hydrogen-bond donors (Lipinski definition) is 1. The average molecular weight is 252 g/mol. The Morgan fingerprint density at radius 3 is 2.44 bits per heavy atom. The number of ketones is 1. The molecule has 0 heterocycles. The molecule has 0 saturated carbocycles. The summed E-state index contributed by atoms with van der Waals surface area (Å²) in [5.74, 6) is 0.944. The van der Waals surface area contributed by atoms with Crippen molar-refractivity contribution in [2.75, 3.05) is 14.2 Å². The lowest BCUT2D eigenvalue weighted by atomic mass is 9.95. The van der Waals surface area contributed by atoms with Gasteiger partial charge in [-0.2, -0.15) is 0 Å². The second-order valence-corrected chi connectivity index (χ2v) is 4.20. The summed E-state index contributed by atoms with van der Waals surface area (Å²) >= 11 is 0. The monoisotopic (exact) mass is 252 g/mol. The van der Waals surface area contributed by atoms with E-state index in [-0.39, 0.29) is 18.3 Å². The maximum atomic E-state index is 12.1. The van der Waals surface area contributed by atoms with E-state index < -0.39 is 0 Å². The third kappa shape index (κ3) is 2.82. The lowest BCUT2D eigenvalue weighted by Crippen LogP contribution is -2.11. The summed E-state index contributed by atoms with van der Waals surface area (Å²) < 4.78 is 10.4. The Hall–Kier alpha value is -1.55. The van der Waals surface area contributed by atoms with E-state index in [1.165, 1.54) is 14.2 Å². The van der Waals surface area contributed by atoms with Crippen molar-refractivity contribution >= 4 is 5.78 Å². The molecule has 1 N–H and O–H groups in total. The number of rotatable bonds is 6. The van der Waals surface area contributed by atoms with Crippen molar-refractivity contribution in [2.24, 2.45) is 5.92 Å². The van der Waals surface area contributed by atoms with Crippen molar-refractivity contribution in [2.45, 2.75) is 26.9 Å². The number of methoxy groups -OCH3 is 2. The van der Waals surface area contributed by atoms with E-state index in [4.69, 9.17) is 9.47 Å². The van der Waals surface area contributed by atoms with Crippen molar-refractivity contribution in [3.63, 3.8) is 0 Å². The molecule has 0 aliphatic heterocycles. The quantitative estimate of drug-likeness (QED) is 0.790. The van der Waals surface area contributed by atoms with Crippen LogP contribution in [0.3, 0.4) is 0 Å². The number of Topliss-reactive ketones (excluding diaryl/α,β-unsaturated/α-hetero) is 1. The molecule has 4 heteroatoms. The minimum absolute atomic E-state index is 0.0466. The molecule has 18 heavy (non-hydrogen) atoms. The molecule has 0 aromatic heterocycles. The van der Waals surface area contributed by atoms with Gasteiger partial charge in [0.15, 0.2) is 17.3 Å². The highest BCUT2D eigenvalue weighted by atomic mass is 16.5. The number of hydrogen-bond acceptors (Lipinski definition) is 4. The highest BCUT2D eigenvalue weighted by Gasteiger charge is 2.18. The van der Waals surface area contributed by atoms with Crippen LogP contribution in [0.2, 0.25) is 0 Å². The van der Waals surface area contributed by atoms with Gasteiger partial charge in [0.25, 0.3) is 0 Å². The predicted molar refractivity (Wildman–Crippen MR) is 69.3 cm³/mol. The van der Waals surface area contributed by atoms with E-state index >= 15 is 0 Å². The molecular weight excluding hydrogens is 232 g/mol. The summed E-state index contributed by atoms with van der Waals surface area (Å²) in [5, 5.41) is 9.32. The summed E-state index contributed by atoms with van der Waals surface area (Å²) in [6, 6.07) is 3.32. The summed E-state index contributed by atoms with van der Waals surface area (Å²) in [5.41, 5.74) is 1.11. The van der Waals surface area contributed by atoms with Crippen LogP contribution in [0.5, 0.6) is 11.5 Å². The maximum absolute atomic E-state index is 12.1. The number of aliphatic hydroxyl groups is 1. The third-order valence-corrected chi connectivity index (χ3v) is 3.07. The molecule has 0 aliphatic rings. The molecule has 4 nitrogen and oxygen atoms in total. The molecule has 0 saturated heterocycles. The molecule has 0 fully saturated rings. The van der Waals surface area contributed by atoms with Gasteiger partial charge in [0.2, 0.25) is 0 Å². The second-order valence-electron chi connectivity index (χ2n) is 4.20. The van der Waals surface area contributed by atoms with Crippen LogP contribution in [0.15, 0.2) is 12.1 Å². The number of aliphatic hydroxyl groups excluding tert-OH is 1. The lowest BCUT2D eigenvalue weighted by Gasteiger charge is -2.15. The molecule has 0 radical (unpaired) electrons. The van der Waals surface area contributed by atoms with E-state index in [9.17, 15) is 9.90 Å². The minimum Gasteiger partial charge on any atom is -0.493 e. The first-order valence-corrected chi connectivity index (χ1v) is 5.98.